The van der Waals surface area contributed by atoms with Crippen LogP contribution in [0.15, 0.2) is 61.8 Å². The molecule has 3 aliphatic heterocycles. The molecule has 11 atom stereocenters. The molecular formula is C67H88Cl2I2N12O17Si. The number of anilines is 1. The summed E-state index contributed by atoms with van der Waals surface area (Å²) >= 11 is 16.7. The molecule has 7 N–H and O–H groups in total. The quantitative estimate of drug-likeness (QED) is 0.0128. The number of aromatic nitrogens is 9. The van der Waals surface area contributed by atoms with Crippen molar-refractivity contribution in [2.45, 2.75) is 200 Å². The molecular weight excluding hydrogens is 1600 g/mol. The van der Waals surface area contributed by atoms with E-state index in [2.05, 4.69) is 70.7 Å². The molecule has 0 spiro atoms. The Morgan fingerprint density at radius 3 is 1.39 bits per heavy atom. The first-order valence-electron chi connectivity index (χ1n) is 32.7. The molecule has 8 aromatic rings. The Labute approximate surface area is 622 Å². The topological polar surface area (TPSA) is 379 Å². The van der Waals surface area contributed by atoms with Gasteiger partial charge < -0.3 is 82.6 Å². The normalized spacial score (nSPS) is 21.8. The van der Waals surface area contributed by atoms with E-state index in [1.54, 1.807) is 33.7 Å². The average Bonchev–Trinajstić information content (AvgIpc) is 1.67. The third-order valence-corrected chi connectivity index (χ3v) is 25.4. The van der Waals surface area contributed by atoms with Crippen molar-refractivity contribution >= 4 is 127 Å². The van der Waals surface area contributed by atoms with E-state index in [0.29, 0.717) is 84.7 Å². The second-order valence-electron chi connectivity index (χ2n) is 28.7. The molecule has 3 saturated heterocycles. The maximum absolute atomic E-state index is 11.9. The average molecular weight is 1690 g/mol. The minimum absolute atomic E-state index is 0.0384. The van der Waals surface area contributed by atoms with Crippen LogP contribution in [0.3, 0.4) is 0 Å². The molecule has 101 heavy (non-hydrogen) atoms. The molecule has 6 aromatic heterocycles. The first kappa shape index (κ1) is 79.4. The summed E-state index contributed by atoms with van der Waals surface area (Å²) in [5, 5.41) is 75.6. The van der Waals surface area contributed by atoms with Crippen LogP contribution in [0.25, 0.3) is 33.1 Å². The van der Waals surface area contributed by atoms with Gasteiger partial charge in [-0.25, -0.2) is 29.9 Å². The van der Waals surface area contributed by atoms with E-state index in [1.165, 1.54) is 45.3 Å². The lowest BCUT2D eigenvalue weighted by Gasteiger charge is -2.39. The fourth-order valence-corrected chi connectivity index (χ4v) is 15.8. The number of nitro groups is 2. The van der Waals surface area contributed by atoms with E-state index in [0.717, 1.165) is 12.8 Å². The maximum Gasteiger partial charge on any atom is 0.276 e. The molecule has 550 valence electrons. The predicted octanol–water partition coefficient (Wildman–Crippen LogP) is 12.7. The van der Waals surface area contributed by atoms with Crippen LogP contribution in [0.2, 0.25) is 28.4 Å². The van der Waals surface area contributed by atoms with Gasteiger partial charge in [0.15, 0.2) is 8.32 Å². The largest absolute Gasteiger partial charge is 0.496 e. The Bertz CT molecular complexity index is 4080. The van der Waals surface area contributed by atoms with Crippen molar-refractivity contribution in [2.24, 2.45) is 10.8 Å². The van der Waals surface area contributed by atoms with Gasteiger partial charge in [0, 0.05) is 66.7 Å². The van der Waals surface area contributed by atoms with Crippen molar-refractivity contribution < 1.29 is 73.0 Å². The van der Waals surface area contributed by atoms with Gasteiger partial charge in [0.25, 0.3) is 11.4 Å². The van der Waals surface area contributed by atoms with E-state index in [-0.39, 0.29) is 91.7 Å². The third kappa shape index (κ3) is 17.2. The number of nitro benzene ring substituents is 2. The minimum Gasteiger partial charge on any atom is -0.496 e. The van der Waals surface area contributed by atoms with Crippen LogP contribution in [0.4, 0.5) is 17.2 Å². The summed E-state index contributed by atoms with van der Waals surface area (Å²) in [5.41, 5.74) is 9.55. The van der Waals surface area contributed by atoms with Gasteiger partial charge in [-0.1, -0.05) is 92.4 Å². The smallest absolute Gasteiger partial charge is 0.276 e. The second kappa shape index (κ2) is 32.4. The third-order valence-electron chi connectivity index (χ3n) is 18.6. The number of fused-ring (bicyclic) bond motifs is 3. The van der Waals surface area contributed by atoms with Gasteiger partial charge in [-0.05, 0) is 92.7 Å². The number of ether oxygens (including phenoxy) is 7. The number of benzene rings is 2. The zero-order chi connectivity index (χ0) is 74.1. The Balaban J connectivity index is 0.000000179. The van der Waals surface area contributed by atoms with Crippen molar-refractivity contribution in [2.75, 3.05) is 33.2 Å². The van der Waals surface area contributed by atoms with Gasteiger partial charge >= 0.3 is 0 Å². The van der Waals surface area contributed by atoms with Crippen LogP contribution in [0.5, 0.6) is 11.5 Å². The van der Waals surface area contributed by atoms with Gasteiger partial charge in [0.05, 0.1) is 128 Å². The number of hydrogen-bond donors (Lipinski definition) is 6. The summed E-state index contributed by atoms with van der Waals surface area (Å²) in [6, 6.07) is 6.26. The standard InChI is InChI=1S/C24H28ClIN4O7.C24H30IN5O7.C19H30ClN3O3Si/c1-24(2,3)21(13-5-17(35-4)14(26)6-15(13)30(33)34)36-10-12-8-29(19-7-16(32)18(9-31)37-19)23-20(12)22(25)27-11-28-23;1-24(2,3)21(13-5-17(35-4)14(25)6-15(13)30(33)34)36-10-12-8-29(19-7-16(32)18(9-31)37-19)23-20(12)22(26)27-11-28-23;1-7-13-14(26-27(5,6)19(2,3)4)8-15(25-13)23-9-12(10-24)16-17(20)21-11-22-18(16)23/h5-6,8,11,16,18-19,21,31-32H,7,9-10H2,1-4H3;5-6,8,11,16,18-19,21,31-32H,7,9-10H2,1-4H3,(H2,26,27,28);9,11,13-15,24H,7-8,10H2,1-6H3/t2*16-,18-,19-,21-;13-,14-,15-/m111/s1. The van der Waals surface area contributed by atoms with Gasteiger partial charge in [-0.15, -0.1) is 0 Å². The van der Waals surface area contributed by atoms with Crippen molar-refractivity contribution in [3.63, 3.8) is 0 Å². The van der Waals surface area contributed by atoms with Gasteiger partial charge in [0.1, 0.15) is 94.4 Å². The second-order valence-corrected chi connectivity index (χ2v) is 36.5. The molecule has 34 heteroatoms. The molecule has 0 amide bonds. The number of methoxy groups -OCH3 is 2. The van der Waals surface area contributed by atoms with Crippen molar-refractivity contribution in [3.05, 3.63) is 127 Å². The Hall–Kier alpha value is -5.68. The highest BCUT2D eigenvalue weighted by atomic mass is 127. The van der Waals surface area contributed by atoms with Crippen LogP contribution < -0.4 is 15.2 Å². The molecule has 9 heterocycles. The number of nitrogens with two attached hydrogens (primary N) is 1. The lowest BCUT2D eigenvalue weighted by atomic mass is 9.83. The number of aliphatic hydroxyl groups is 5. The number of nitrogen functional groups attached to an aromatic ring is 1. The van der Waals surface area contributed by atoms with E-state index >= 15 is 0 Å². The highest BCUT2D eigenvalue weighted by Crippen LogP contribution is 2.48. The summed E-state index contributed by atoms with van der Waals surface area (Å²) < 4.78 is 55.0. The summed E-state index contributed by atoms with van der Waals surface area (Å²) in [6.45, 7) is 24.4. The fraction of sp³-hybridized carbons (Fsp3) is 0.552. The maximum atomic E-state index is 11.9. The molecule has 2 aromatic carbocycles. The number of aliphatic hydroxyl groups excluding tert-OH is 5. The molecule has 29 nitrogen and oxygen atoms in total. The minimum atomic E-state index is -1.90. The van der Waals surface area contributed by atoms with E-state index in [1.807, 2.05) is 97.5 Å². The van der Waals surface area contributed by atoms with Crippen molar-refractivity contribution in [1.29, 1.82) is 0 Å². The molecule has 3 aliphatic rings. The molecule has 11 rings (SSSR count). The van der Waals surface area contributed by atoms with Gasteiger partial charge in [-0.3, -0.25) is 20.2 Å². The van der Waals surface area contributed by atoms with Crippen LogP contribution in [0.1, 0.15) is 154 Å². The highest BCUT2D eigenvalue weighted by molar-refractivity contribution is 14.1. The Kier molecular flexibility index (Phi) is 25.4. The highest BCUT2D eigenvalue weighted by Gasteiger charge is 2.46. The number of halogens is 4. The molecule has 0 unspecified atom stereocenters. The summed E-state index contributed by atoms with van der Waals surface area (Å²) in [5.74, 6) is 1.28. The van der Waals surface area contributed by atoms with E-state index in [4.69, 9.17) is 66.5 Å². The fourth-order valence-electron chi connectivity index (χ4n) is 12.6. The molecule has 0 bridgehead atoms. The predicted molar refractivity (Wildman–Crippen MR) is 396 cm³/mol. The number of nitrogens with zero attached hydrogens (tertiary/aromatic N) is 11. The number of rotatable bonds is 21. The number of hydrogen-bond acceptors (Lipinski definition) is 24. The molecule has 0 saturated carbocycles. The molecule has 0 radical (unpaired) electrons. The monoisotopic (exact) mass is 1680 g/mol. The summed E-state index contributed by atoms with van der Waals surface area (Å²) in [7, 11) is 1.13. The van der Waals surface area contributed by atoms with Gasteiger partial charge in [0.2, 0.25) is 0 Å². The SMILES string of the molecule is CC[C@H]1O[C@@H](n2cc(CO)c3c(Cl)ncnc32)C[C@H]1O[Si](C)(C)C(C)(C)C.COc1cc([C@@H](OCc2cn([C@H]3C[C@@H](O)[C@@H](CO)O3)c3ncnc(Cl)c23)C(C)(C)C)c([N+](=O)[O-])cc1I.COc1cc([C@@H](OCc2cn([C@H]3C[C@@H](O)[C@@H](CO)O3)c3ncnc(N)c23)C(C)(C)C)c([N+](=O)[O-])cc1I. The Morgan fingerprint density at radius 1 is 0.624 bits per heavy atom. The lowest BCUT2D eigenvalue weighted by molar-refractivity contribution is -0.386. The van der Waals surface area contributed by atoms with E-state index < -0.39 is 78.1 Å². The van der Waals surface area contributed by atoms with Crippen molar-refractivity contribution in [1.82, 2.24) is 43.6 Å². The molecule has 0 aliphatic carbocycles. The Morgan fingerprint density at radius 2 is 1.01 bits per heavy atom. The van der Waals surface area contributed by atoms with Crippen molar-refractivity contribution in [3.8, 4) is 11.5 Å². The summed E-state index contributed by atoms with van der Waals surface area (Å²) in [4.78, 5) is 48.4. The first-order valence-corrected chi connectivity index (χ1v) is 38.5. The van der Waals surface area contributed by atoms with Crippen LogP contribution in [0, 0.1) is 38.2 Å². The zero-order valence-corrected chi connectivity index (χ0v) is 65.5. The van der Waals surface area contributed by atoms with Gasteiger partial charge in [-0.2, -0.15) is 0 Å². The first-order chi connectivity index (χ1) is 47.5. The van der Waals surface area contributed by atoms with Crippen LogP contribution in [-0.2, 0) is 47.9 Å². The summed E-state index contributed by atoms with van der Waals surface area (Å²) in [6.07, 6.45) is 6.02. The lowest BCUT2D eigenvalue weighted by Crippen LogP contribution is -2.45. The zero-order valence-electron chi connectivity index (χ0n) is 58.6. The van der Waals surface area contributed by atoms with E-state index in [9.17, 15) is 45.8 Å². The van der Waals surface area contributed by atoms with Crippen LogP contribution in [-0.4, -0.2) is 151 Å². The van der Waals surface area contributed by atoms with Crippen LogP contribution >= 0.6 is 68.4 Å². The molecule has 3 fully saturated rings.